The fourth-order valence-corrected chi connectivity index (χ4v) is 4.11. The standard InChI is InChI=1S/C20H21N3O3S/c24-16-9-8-14(18(25)11-16)12-21-23-17(19-7-4-10-26-19)13-27-20(23)22-15-5-2-1-3-6-15/h4,7-13,15,24-25H,1-3,5-6H2. The topological polar surface area (TPSA) is 83.2 Å². The molecule has 1 aliphatic rings. The van der Waals surface area contributed by atoms with Gasteiger partial charge in [0.05, 0.1) is 18.5 Å². The molecule has 1 saturated carbocycles. The quantitative estimate of drug-likeness (QED) is 0.658. The van der Waals surface area contributed by atoms with Crippen LogP contribution in [0.4, 0.5) is 0 Å². The molecule has 3 aromatic rings. The van der Waals surface area contributed by atoms with E-state index in [1.807, 2.05) is 17.5 Å². The maximum Gasteiger partial charge on any atom is 0.206 e. The first-order chi connectivity index (χ1) is 13.2. The third-order valence-corrected chi connectivity index (χ3v) is 5.48. The number of benzene rings is 1. The third kappa shape index (κ3) is 3.98. The minimum absolute atomic E-state index is 0.0112. The molecule has 7 heteroatoms. The Labute approximate surface area is 160 Å². The average Bonchev–Trinajstić information content (AvgIpc) is 3.32. The van der Waals surface area contributed by atoms with Crippen molar-refractivity contribution >= 4 is 17.6 Å². The average molecular weight is 383 g/mol. The Bertz CT molecular complexity index is 996. The van der Waals surface area contributed by atoms with Crippen molar-refractivity contribution in [2.75, 3.05) is 0 Å². The molecule has 2 heterocycles. The molecule has 140 valence electrons. The lowest BCUT2D eigenvalue weighted by molar-refractivity contribution is 0.435. The van der Waals surface area contributed by atoms with E-state index in [0.29, 0.717) is 17.4 Å². The van der Waals surface area contributed by atoms with E-state index in [9.17, 15) is 10.2 Å². The number of rotatable bonds is 4. The first-order valence-corrected chi connectivity index (χ1v) is 9.93. The van der Waals surface area contributed by atoms with Gasteiger partial charge in [-0.3, -0.25) is 4.99 Å². The molecule has 0 amide bonds. The second kappa shape index (κ2) is 7.84. The summed E-state index contributed by atoms with van der Waals surface area (Å²) in [5, 5.41) is 26.0. The highest BCUT2D eigenvalue weighted by molar-refractivity contribution is 7.07. The number of hydrogen-bond donors (Lipinski definition) is 2. The predicted octanol–water partition coefficient (Wildman–Crippen LogP) is 4.34. The fraction of sp³-hybridized carbons (Fsp3) is 0.300. The largest absolute Gasteiger partial charge is 0.508 e. The van der Waals surface area contributed by atoms with E-state index in [2.05, 4.69) is 5.10 Å². The van der Waals surface area contributed by atoms with Crippen molar-refractivity contribution in [2.45, 2.75) is 38.1 Å². The van der Waals surface area contributed by atoms with Gasteiger partial charge < -0.3 is 14.6 Å². The molecule has 2 N–H and O–H groups in total. The Kier molecular flexibility index (Phi) is 5.11. The van der Waals surface area contributed by atoms with Gasteiger partial charge in [0.1, 0.15) is 17.2 Å². The zero-order chi connectivity index (χ0) is 18.6. The summed E-state index contributed by atoms with van der Waals surface area (Å²) in [5.41, 5.74) is 1.33. The molecule has 0 radical (unpaired) electrons. The van der Waals surface area contributed by atoms with Crippen LogP contribution in [0.15, 0.2) is 56.5 Å². The summed E-state index contributed by atoms with van der Waals surface area (Å²) >= 11 is 1.53. The molecule has 0 aliphatic heterocycles. The van der Waals surface area contributed by atoms with Crippen molar-refractivity contribution in [3.05, 3.63) is 52.3 Å². The van der Waals surface area contributed by atoms with Crippen molar-refractivity contribution in [3.8, 4) is 23.0 Å². The van der Waals surface area contributed by atoms with Gasteiger partial charge in [0.25, 0.3) is 0 Å². The third-order valence-electron chi connectivity index (χ3n) is 4.65. The van der Waals surface area contributed by atoms with Crippen molar-refractivity contribution < 1.29 is 14.6 Å². The lowest BCUT2D eigenvalue weighted by Gasteiger charge is -2.16. The molecular formula is C20H21N3O3S. The van der Waals surface area contributed by atoms with Gasteiger partial charge in [-0.2, -0.15) is 5.10 Å². The molecule has 0 spiro atoms. The molecule has 0 unspecified atom stereocenters. The summed E-state index contributed by atoms with van der Waals surface area (Å²) in [7, 11) is 0. The maximum atomic E-state index is 10.0. The molecule has 1 aromatic carbocycles. The summed E-state index contributed by atoms with van der Waals surface area (Å²) in [4.78, 5) is 5.73. The molecule has 0 bridgehead atoms. The van der Waals surface area contributed by atoms with Gasteiger partial charge in [-0.05, 0) is 37.1 Å². The number of hydrogen-bond acceptors (Lipinski definition) is 6. The van der Waals surface area contributed by atoms with Crippen molar-refractivity contribution in [3.63, 3.8) is 0 Å². The van der Waals surface area contributed by atoms with Gasteiger partial charge in [0, 0.05) is 17.0 Å². The summed E-state index contributed by atoms with van der Waals surface area (Å²) in [6.07, 6.45) is 9.13. The van der Waals surface area contributed by atoms with Crippen LogP contribution < -0.4 is 4.80 Å². The number of furan rings is 1. The van der Waals surface area contributed by atoms with Gasteiger partial charge in [0.2, 0.25) is 4.80 Å². The zero-order valence-corrected chi connectivity index (χ0v) is 15.6. The highest BCUT2D eigenvalue weighted by Gasteiger charge is 2.15. The van der Waals surface area contributed by atoms with Crippen LogP contribution in [0.1, 0.15) is 37.7 Å². The Hall–Kier alpha value is -2.80. The highest BCUT2D eigenvalue weighted by Crippen LogP contribution is 2.24. The summed E-state index contributed by atoms with van der Waals surface area (Å²) in [6.45, 7) is 0. The molecule has 0 atom stereocenters. The second-order valence-corrected chi connectivity index (χ2v) is 7.44. The normalized spacial score (nSPS) is 16.4. The van der Waals surface area contributed by atoms with E-state index in [4.69, 9.17) is 9.41 Å². The predicted molar refractivity (Wildman–Crippen MR) is 105 cm³/mol. The van der Waals surface area contributed by atoms with Gasteiger partial charge in [-0.15, -0.1) is 11.3 Å². The number of aromatic nitrogens is 1. The van der Waals surface area contributed by atoms with Crippen LogP contribution in [0.5, 0.6) is 11.5 Å². The molecular weight excluding hydrogens is 362 g/mol. The van der Waals surface area contributed by atoms with Gasteiger partial charge >= 0.3 is 0 Å². The van der Waals surface area contributed by atoms with E-state index < -0.39 is 0 Å². The molecule has 2 aromatic heterocycles. The number of aromatic hydroxyl groups is 2. The van der Waals surface area contributed by atoms with E-state index in [0.717, 1.165) is 23.3 Å². The SMILES string of the molecule is Oc1ccc(C=Nn2c(-c3ccco3)csc2=NC2CCCCC2)c(O)c1. The summed E-state index contributed by atoms with van der Waals surface area (Å²) in [6, 6.07) is 8.47. The van der Waals surface area contributed by atoms with Crippen LogP contribution in [-0.4, -0.2) is 27.1 Å². The van der Waals surface area contributed by atoms with Gasteiger partial charge in [-0.25, -0.2) is 4.68 Å². The van der Waals surface area contributed by atoms with Crippen LogP contribution in [0.25, 0.3) is 11.5 Å². The first kappa shape index (κ1) is 17.6. The van der Waals surface area contributed by atoms with Gasteiger partial charge in [-0.1, -0.05) is 19.3 Å². The Morgan fingerprint density at radius 2 is 2.00 bits per heavy atom. The van der Waals surface area contributed by atoms with E-state index >= 15 is 0 Å². The van der Waals surface area contributed by atoms with Crippen LogP contribution in [0.2, 0.25) is 0 Å². The van der Waals surface area contributed by atoms with Crippen molar-refractivity contribution in [1.82, 2.24) is 4.68 Å². The monoisotopic (exact) mass is 383 g/mol. The van der Waals surface area contributed by atoms with Crippen LogP contribution in [0, 0.1) is 0 Å². The number of nitrogens with zero attached hydrogens (tertiary/aromatic N) is 3. The lowest BCUT2D eigenvalue weighted by Crippen LogP contribution is -2.18. The Morgan fingerprint density at radius 3 is 2.74 bits per heavy atom. The van der Waals surface area contributed by atoms with Gasteiger partial charge in [0.15, 0.2) is 5.76 Å². The van der Waals surface area contributed by atoms with Crippen LogP contribution in [0.3, 0.4) is 0 Å². The fourth-order valence-electron chi connectivity index (χ4n) is 3.22. The van der Waals surface area contributed by atoms with E-state index in [-0.39, 0.29) is 11.5 Å². The Morgan fingerprint density at radius 1 is 1.15 bits per heavy atom. The molecule has 27 heavy (non-hydrogen) atoms. The Balaban J connectivity index is 1.75. The highest BCUT2D eigenvalue weighted by atomic mass is 32.1. The second-order valence-electron chi connectivity index (χ2n) is 6.60. The smallest absolute Gasteiger partial charge is 0.206 e. The lowest BCUT2D eigenvalue weighted by atomic mass is 9.96. The van der Waals surface area contributed by atoms with Crippen molar-refractivity contribution in [2.24, 2.45) is 10.1 Å². The minimum Gasteiger partial charge on any atom is -0.508 e. The zero-order valence-electron chi connectivity index (χ0n) is 14.8. The summed E-state index contributed by atoms with van der Waals surface area (Å²) < 4.78 is 7.30. The van der Waals surface area contributed by atoms with Crippen LogP contribution >= 0.6 is 11.3 Å². The minimum atomic E-state index is -0.0279. The number of phenolic OH excluding ortho intramolecular Hbond substituents is 2. The molecule has 0 saturated heterocycles. The summed E-state index contributed by atoms with van der Waals surface area (Å²) in [5.74, 6) is 0.695. The van der Waals surface area contributed by atoms with E-state index in [1.165, 1.54) is 42.7 Å². The molecule has 6 nitrogen and oxygen atoms in total. The molecule has 4 rings (SSSR count). The van der Waals surface area contributed by atoms with E-state index in [1.54, 1.807) is 23.2 Å². The number of phenols is 2. The number of thiazole rings is 1. The van der Waals surface area contributed by atoms with Crippen LogP contribution in [-0.2, 0) is 0 Å². The maximum absolute atomic E-state index is 10.0. The molecule has 1 aliphatic carbocycles. The molecule has 1 fully saturated rings. The van der Waals surface area contributed by atoms with Crippen molar-refractivity contribution in [1.29, 1.82) is 0 Å². The first-order valence-electron chi connectivity index (χ1n) is 9.05.